The number of anilines is 1. The normalized spacial score (nSPS) is 10.3. The van der Waals surface area contributed by atoms with Crippen molar-refractivity contribution in [2.45, 2.75) is 6.54 Å². The maximum Gasteiger partial charge on any atom is 0.124 e. The van der Waals surface area contributed by atoms with Crippen LogP contribution in [0.3, 0.4) is 0 Å². The van der Waals surface area contributed by atoms with E-state index in [0.717, 1.165) is 20.2 Å². The maximum atomic E-state index is 12.9. The fraction of sp³-hybridized carbons (Fsp3) is 0.0769. The van der Waals surface area contributed by atoms with Gasteiger partial charge in [0.05, 0.1) is 0 Å². The molecular weight excluding hydrogens is 349 g/mol. The minimum Gasteiger partial charge on any atom is -0.380 e. The van der Waals surface area contributed by atoms with E-state index in [-0.39, 0.29) is 5.82 Å². The van der Waals surface area contributed by atoms with Crippen molar-refractivity contribution in [2.75, 3.05) is 5.32 Å². The molecule has 0 saturated carbocycles. The summed E-state index contributed by atoms with van der Waals surface area (Å²) in [4.78, 5) is 0. The number of hydrogen-bond acceptors (Lipinski definition) is 1. The van der Waals surface area contributed by atoms with E-state index in [0.29, 0.717) is 6.54 Å². The number of rotatable bonds is 3. The van der Waals surface area contributed by atoms with Crippen molar-refractivity contribution < 1.29 is 4.39 Å². The predicted octanol–water partition coefficient (Wildman–Crippen LogP) is 4.96. The Labute approximate surface area is 116 Å². The van der Waals surface area contributed by atoms with Crippen LogP contribution in [-0.2, 0) is 6.54 Å². The third-order valence-corrected chi connectivity index (χ3v) is 3.79. The summed E-state index contributed by atoms with van der Waals surface area (Å²) >= 11 is 6.81. The maximum absolute atomic E-state index is 12.9. The Bertz CT molecular complexity index is 529. The Morgan fingerprint density at radius 2 is 1.76 bits per heavy atom. The fourth-order valence-corrected chi connectivity index (χ4v) is 2.38. The number of nitrogens with one attached hydrogen (secondary N) is 1. The number of para-hydroxylation sites is 1. The van der Waals surface area contributed by atoms with Gasteiger partial charge in [0.2, 0.25) is 0 Å². The zero-order valence-electron chi connectivity index (χ0n) is 8.88. The molecule has 0 radical (unpaired) electrons. The molecule has 0 aliphatic carbocycles. The van der Waals surface area contributed by atoms with Crippen molar-refractivity contribution in [3.63, 3.8) is 0 Å². The molecule has 0 aromatic heterocycles. The lowest BCUT2D eigenvalue weighted by atomic mass is 10.2. The van der Waals surface area contributed by atoms with Gasteiger partial charge in [-0.15, -0.1) is 0 Å². The summed E-state index contributed by atoms with van der Waals surface area (Å²) in [6.07, 6.45) is 0. The highest BCUT2D eigenvalue weighted by atomic mass is 79.9. The zero-order valence-corrected chi connectivity index (χ0v) is 12.1. The average Bonchev–Trinajstić information content (AvgIpc) is 2.30. The molecule has 0 atom stereocenters. The molecular formula is C13H10Br2FN. The van der Waals surface area contributed by atoms with Gasteiger partial charge in [-0.1, -0.05) is 34.1 Å². The SMILES string of the molecule is Fc1ccc(CNc2ccccc2Br)c(Br)c1. The molecule has 4 heteroatoms. The van der Waals surface area contributed by atoms with Gasteiger partial charge in [-0.25, -0.2) is 4.39 Å². The summed E-state index contributed by atoms with van der Waals surface area (Å²) in [6, 6.07) is 12.6. The average molecular weight is 359 g/mol. The van der Waals surface area contributed by atoms with Crippen LogP contribution in [0, 0.1) is 5.82 Å². The number of halogens is 3. The summed E-state index contributed by atoms with van der Waals surface area (Å²) in [7, 11) is 0. The van der Waals surface area contributed by atoms with Gasteiger partial charge in [-0.2, -0.15) is 0 Å². The first-order chi connectivity index (χ1) is 8.16. The van der Waals surface area contributed by atoms with Crippen LogP contribution in [0.5, 0.6) is 0 Å². The van der Waals surface area contributed by atoms with Gasteiger partial charge in [-0.05, 0) is 45.8 Å². The third kappa shape index (κ3) is 3.30. The Morgan fingerprint density at radius 1 is 1.00 bits per heavy atom. The molecule has 2 aromatic carbocycles. The molecule has 0 heterocycles. The van der Waals surface area contributed by atoms with Crippen molar-refractivity contribution in [3.05, 3.63) is 62.8 Å². The molecule has 0 bridgehead atoms. The first kappa shape index (κ1) is 12.6. The second-order valence-corrected chi connectivity index (χ2v) is 5.28. The van der Waals surface area contributed by atoms with Crippen molar-refractivity contribution in [1.29, 1.82) is 0 Å². The molecule has 0 amide bonds. The molecule has 17 heavy (non-hydrogen) atoms. The van der Waals surface area contributed by atoms with E-state index in [1.807, 2.05) is 24.3 Å². The van der Waals surface area contributed by atoms with Crippen LogP contribution in [0.25, 0.3) is 0 Å². The van der Waals surface area contributed by atoms with Crippen molar-refractivity contribution in [1.82, 2.24) is 0 Å². The van der Waals surface area contributed by atoms with E-state index < -0.39 is 0 Å². The Balaban J connectivity index is 2.10. The second-order valence-electron chi connectivity index (χ2n) is 3.57. The minimum atomic E-state index is -0.235. The fourth-order valence-electron chi connectivity index (χ4n) is 1.46. The van der Waals surface area contributed by atoms with Crippen LogP contribution in [0.4, 0.5) is 10.1 Å². The summed E-state index contributed by atoms with van der Waals surface area (Å²) in [5.74, 6) is -0.235. The summed E-state index contributed by atoms with van der Waals surface area (Å²) < 4.78 is 14.7. The van der Waals surface area contributed by atoms with E-state index in [9.17, 15) is 4.39 Å². The summed E-state index contributed by atoms with van der Waals surface area (Å²) in [5.41, 5.74) is 2.03. The van der Waals surface area contributed by atoms with E-state index in [1.54, 1.807) is 6.07 Å². The second kappa shape index (κ2) is 5.65. The molecule has 0 aliphatic rings. The van der Waals surface area contributed by atoms with Gasteiger partial charge in [0, 0.05) is 21.2 Å². The molecule has 0 unspecified atom stereocenters. The van der Waals surface area contributed by atoms with Crippen molar-refractivity contribution in [2.24, 2.45) is 0 Å². The van der Waals surface area contributed by atoms with Crippen molar-refractivity contribution in [3.8, 4) is 0 Å². The van der Waals surface area contributed by atoms with Gasteiger partial charge in [0.25, 0.3) is 0 Å². The molecule has 88 valence electrons. The van der Waals surface area contributed by atoms with E-state index >= 15 is 0 Å². The van der Waals surface area contributed by atoms with E-state index in [1.165, 1.54) is 12.1 Å². The molecule has 2 rings (SSSR count). The molecule has 0 aliphatic heterocycles. The van der Waals surface area contributed by atoms with Gasteiger partial charge in [0.1, 0.15) is 5.82 Å². The van der Waals surface area contributed by atoms with Crippen LogP contribution < -0.4 is 5.32 Å². The van der Waals surface area contributed by atoms with Crippen molar-refractivity contribution >= 4 is 37.5 Å². The molecule has 0 spiro atoms. The molecule has 2 aromatic rings. The topological polar surface area (TPSA) is 12.0 Å². The van der Waals surface area contributed by atoms with Crippen LogP contribution in [0.2, 0.25) is 0 Å². The zero-order chi connectivity index (χ0) is 12.3. The summed E-state index contributed by atoms with van der Waals surface area (Å²) in [6.45, 7) is 0.642. The quantitative estimate of drug-likeness (QED) is 0.817. The lowest BCUT2D eigenvalue weighted by molar-refractivity contribution is 0.626. The Kier molecular flexibility index (Phi) is 4.18. The van der Waals surface area contributed by atoms with Crippen LogP contribution in [0.1, 0.15) is 5.56 Å². The number of hydrogen-bond donors (Lipinski definition) is 1. The van der Waals surface area contributed by atoms with Gasteiger partial charge in [0.15, 0.2) is 0 Å². The first-order valence-corrected chi connectivity index (χ1v) is 6.68. The minimum absolute atomic E-state index is 0.235. The standard InChI is InChI=1S/C13H10Br2FN/c14-11-3-1-2-4-13(11)17-8-9-5-6-10(16)7-12(9)15/h1-7,17H,8H2. The predicted molar refractivity (Wildman–Crippen MR) is 75.6 cm³/mol. The van der Waals surface area contributed by atoms with Gasteiger partial charge in [-0.3, -0.25) is 0 Å². The number of benzene rings is 2. The van der Waals surface area contributed by atoms with Crippen LogP contribution in [-0.4, -0.2) is 0 Å². The molecule has 1 N–H and O–H groups in total. The largest absolute Gasteiger partial charge is 0.380 e. The lowest BCUT2D eigenvalue weighted by Gasteiger charge is -2.09. The highest BCUT2D eigenvalue weighted by Gasteiger charge is 2.02. The van der Waals surface area contributed by atoms with E-state index in [4.69, 9.17) is 0 Å². The molecule has 0 saturated heterocycles. The van der Waals surface area contributed by atoms with Gasteiger partial charge >= 0.3 is 0 Å². The highest BCUT2D eigenvalue weighted by molar-refractivity contribution is 9.10. The van der Waals surface area contributed by atoms with Gasteiger partial charge < -0.3 is 5.32 Å². The smallest absolute Gasteiger partial charge is 0.124 e. The molecule has 1 nitrogen and oxygen atoms in total. The lowest BCUT2D eigenvalue weighted by Crippen LogP contribution is -2.00. The Hall–Kier alpha value is -0.870. The third-order valence-electron chi connectivity index (χ3n) is 2.36. The Morgan fingerprint density at radius 3 is 2.47 bits per heavy atom. The van der Waals surface area contributed by atoms with Crippen LogP contribution in [0.15, 0.2) is 51.4 Å². The van der Waals surface area contributed by atoms with E-state index in [2.05, 4.69) is 37.2 Å². The van der Waals surface area contributed by atoms with Crippen LogP contribution >= 0.6 is 31.9 Å². The first-order valence-electron chi connectivity index (χ1n) is 5.09. The molecule has 0 fully saturated rings. The highest BCUT2D eigenvalue weighted by Crippen LogP contribution is 2.24. The summed E-state index contributed by atoms with van der Waals surface area (Å²) in [5, 5.41) is 3.29. The monoisotopic (exact) mass is 357 g/mol.